The molecule has 0 radical (unpaired) electrons. The van der Waals surface area contributed by atoms with Crippen LogP contribution >= 0.6 is 0 Å². The van der Waals surface area contributed by atoms with Gasteiger partial charge in [0.05, 0.1) is 24.3 Å². The molecule has 20 heavy (non-hydrogen) atoms. The van der Waals surface area contributed by atoms with Gasteiger partial charge in [0.15, 0.2) is 0 Å². The van der Waals surface area contributed by atoms with Crippen molar-refractivity contribution < 1.29 is 14.3 Å². The number of nitrogens with zero attached hydrogens (tertiary/aromatic N) is 1. The van der Waals surface area contributed by atoms with Gasteiger partial charge in [0.25, 0.3) is 5.91 Å². The predicted molar refractivity (Wildman–Crippen MR) is 73.9 cm³/mol. The van der Waals surface area contributed by atoms with Crippen LogP contribution in [-0.4, -0.2) is 55.3 Å². The van der Waals surface area contributed by atoms with E-state index in [0.29, 0.717) is 24.4 Å². The standard InChI is InChI=1S/C14H20N2O4/c1-9-12(4-5-13(17)15-9)14(18)16-7-11(20-3)6-10(16)8-19-2/h4-5,10-11H,6-8H2,1-3H3,(H,15,17)/t10-,11-/m0/s1. The lowest BCUT2D eigenvalue weighted by Gasteiger charge is -2.24. The van der Waals surface area contributed by atoms with Crippen molar-refractivity contribution in [3.05, 3.63) is 33.7 Å². The minimum atomic E-state index is -0.205. The van der Waals surface area contributed by atoms with Crippen molar-refractivity contribution in [2.24, 2.45) is 0 Å². The Bertz CT molecular complexity index is 540. The fourth-order valence-corrected chi connectivity index (χ4v) is 2.61. The summed E-state index contributed by atoms with van der Waals surface area (Å²) in [7, 11) is 3.27. The van der Waals surface area contributed by atoms with Crippen LogP contribution in [0.3, 0.4) is 0 Å². The lowest BCUT2D eigenvalue weighted by molar-refractivity contribution is 0.0611. The van der Waals surface area contributed by atoms with E-state index in [9.17, 15) is 9.59 Å². The zero-order chi connectivity index (χ0) is 14.7. The predicted octanol–water partition coefficient (Wildman–Crippen LogP) is 0.559. The Morgan fingerprint density at radius 3 is 2.80 bits per heavy atom. The monoisotopic (exact) mass is 280 g/mol. The van der Waals surface area contributed by atoms with Gasteiger partial charge in [-0.1, -0.05) is 0 Å². The van der Waals surface area contributed by atoms with Gasteiger partial charge in [-0.25, -0.2) is 0 Å². The van der Waals surface area contributed by atoms with Crippen molar-refractivity contribution >= 4 is 5.91 Å². The number of likely N-dealkylation sites (tertiary alicyclic amines) is 1. The maximum atomic E-state index is 12.6. The summed E-state index contributed by atoms with van der Waals surface area (Å²) in [5, 5.41) is 0. The molecule has 0 aromatic carbocycles. The number of pyridine rings is 1. The molecule has 0 aliphatic carbocycles. The van der Waals surface area contributed by atoms with Crippen LogP contribution in [0.5, 0.6) is 0 Å². The average Bonchev–Trinajstić information content (AvgIpc) is 2.82. The summed E-state index contributed by atoms with van der Waals surface area (Å²) in [6.45, 7) is 2.75. The first kappa shape index (κ1) is 14.7. The summed E-state index contributed by atoms with van der Waals surface area (Å²) in [6, 6.07) is 2.94. The summed E-state index contributed by atoms with van der Waals surface area (Å²) < 4.78 is 10.5. The Morgan fingerprint density at radius 1 is 1.45 bits per heavy atom. The normalized spacial score (nSPS) is 22.2. The number of H-pyrrole nitrogens is 1. The topological polar surface area (TPSA) is 71.6 Å². The molecule has 1 aliphatic rings. The van der Waals surface area contributed by atoms with E-state index in [-0.39, 0.29) is 23.6 Å². The molecule has 1 N–H and O–H groups in total. The van der Waals surface area contributed by atoms with Crippen molar-refractivity contribution in [3.8, 4) is 0 Å². The smallest absolute Gasteiger partial charge is 0.256 e. The highest BCUT2D eigenvalue weighted by Crippen LogP contribution is 2.23. The number of ether oxygens (including phenoxy) is 2. The van der Waals surface area contributed by atoms with Gasteiger partial charge < -0.3 is 19.4 Å². The van der Waals surface area contributed by atoms with E-state index in [0.717, 1.165) is 6.42 Å². The molecule has 1 fully saturated rings. The minimum absolute atomic E-state index is 0.00350. The lowest BCUT2D eigenvalue weighted by atomic mass is 10.1. The van der Waals surface area contributed by atoms with Crippen LogP contribution in [0.2, 0.25) is 0 Å². The number of rotatable bonds is 4. The number of carbonyl (C=O) groups is 1. The molecule has 1 saturated heterocycles. The molecule has 2 rings (SSSR count). The quantitative estimate of drug-likeness (QED) is 0.874. The number of aryl methyl sites for hydroxylation is 1. The number of carbonyl (C=O) groups excluding carboxylic acids is 1. The van der Waals surface area contributed by atoms with Gasteiger partial charge in [-0.2, -0.15) is 0 Å². The molecule has 0 saturated carbocycles. The summed E-state index contributed by atoms with van der Waals surface area (Å²) >= 11 is 0. The van der Waals surface area contributed by atoms with Gasteiger partial charge in [0.2, 0.25) is 5.56 Å². The first-order chi connectivity index (χ1) is 9.56. The second kappa shape index (κ2) is 6.19. The van der Waals surface area contributed by atoms with Crippen LogP contribution in [0, 0.1) is 6.92 Å². The number of hydrogen-bond donors (Lipinski definition) is 1. The van der Waals surface area contributed by atoms with E-state index in [2.05, 4.69) is 4.98 Å². The summed E-state index contributed by atoms with van der Waals surface area (Å²) in [5.41, 5.74) is 0.894. The second-order valence-corrected chi connectivity index (χ2v) is 5.02. The van der Waals surface area contributed by atoms with E-state index in [1.807, 2.05) is 0 Å². The van der Waals surface area contributed by atoms with Gasteiger partial charge >= 0.3 is 0 Å². The Morgan fingerprint density at radius 2 is 2.20 bits per heavy atom. The Labute approximate surface area is 117 Å². The highest BCUT2D eigenvalue weighted by Gasteiger charge is 2.36. The molecule has 2 heterocycles. The zero-order valence-corrected chi connectivity index (χ0v) is 12.0. The molecule has 1 aliphatic heterocycles. The van der Waals surface area contributed by atoms with Crippen LogP contribution in [0.15, 0.2) is 16.9 Å². The van der Waals surface area contributed by atoms with E-state index in [1.165, 1.54) is 6.07 Å². The highest BCUT2D eigenvalue weighted by molar-refractivity contribution is 5.95. The molecule has 6 heteroatoms. The molecule has 6 nitrogen and oxygen atoms in total. The largest absolute Gasteiger partial charge is 0.383 e. The number of hydrogen-bond acceptors (Lipinski definition) is 4. The number of methoxy groups -OCH3 is 2. The van der Waals surface area contributed by atoms with Gasteiger partial charge in [-0.05, 0) is 19.4 Å². The number of aromatic amines is 1. The Hall–Kier alpha value is -1.66. The van der Waals surface area contributed by atoms with Crippen LogP contribution in [0.1, 0.15) is 22.5 Å². The number of amides is 1. The van der Waals surface area contributed by atoms with Crippen molar-refractivity contribution in [2.75, 3.05) is 27.4 Å². The molecule has 110 valence electrons. The molecule has 1 aromatic rings. The third-order valence-electron chi connectivity index (χ3n) is 3.68. The third kappa shape index (κ3) is 2.91. The number of nitrogens with one attached hydrogen (secondary N) is 1. The molecule has 0 bridgehead atoms. The van der Waals surface area contributed by atoms with Crippen molar-refractivity contribution in [3.63, 3.8) is 0 Å². The summed E-state index contributed by atoms with van der Waals surface area (Å²) in [4.78, 5) is 28.3. The van der Waals surface area contributed by atoms with Crippen molar-refractivity contribution in [2.45, 2.75) is 25.5 Å². The minimum Gasteiger partial charge on any atom is -0.383 e. The van der Waals surface area contributed by atoms with E-state index >= 15 is 0 Å². The first-order valence-electron chi connectivity index (χ1n) is 6.59. The first-order valence-corrected chi connectivity index (χ1v) is 6.59. The fourth-order valence-electron chi connectivity index (χ4n) is 2.61. The Kier molecular flexibility index (Phi) is 4.57. The van der Waals surface area contributed by atoms with Crippen LogP contribution < -0.4 is 5.56 Å². The van der Waals surface area contributed by atoms with E-state index < -0.39 is 0 Å². The summed E-state index contributed by atoms with van der Waals surface area (Å²) in [5.74, 6) is -0.0969. The van der Waals surface area contributed by atoms with E-state index in [1.54, 1.807) is 32.1 Å². The van der Waals surface area contributed by atoms with Crippen molar-refractivity contribution in [1.82, 2.24) is 9.88 Å². The SMILES string of the molecule is COC[C@@H]1C[C@H](OC)CN1C(=O)c1ccc(=O)[nH]c1C. The molecule has 0 spiro atoms. The molecule has 0 unspecified atom stereocenters. The van der Waals surface area contributed by atoms with E-state index in [4.69, 9.17) is 9.47 Å². The second-order valence-electron chi connectivity index (χ2n) is 5.02. The van der Waals surface area contributed by atoms with Crippen LogP contribution in [0.4, 0.5) is 0 Å². The van der Waals surface area contributed by atoms with Gasteiger partial charge in [0.1, 0.15) is 0 Å². The molecule has 2 atom stereocenters. The fraction of sp³-hybridized carbons (Fsp3) is 0.571. The van der Waals surface area contributed by atoms with Crippen molar-refractivity contribution in [1.29, 1.82) is 0 Å². The summed E-state index contributed by atoms with van der Waals surface area (Å²) in [6.07, 6.45) is 0.792. The molecule has 1 amide bonds. The molecule has 1 aromatic heterocycles. The van der Waals surface area contributed by atoms with Gasteiger partial charge in [0, 0.05) is 32.5 Å². The maximum Gasteiger partial charge on any atom is 0.256 e. The van der Waals surface area contributed by atoms with Gasteiger partial charge in [-0.15, -0.1) is 0 Å². The lowest BCUT2D eigenvalue weighted by Crippen LogP contribution is -2.39. The maximum absolute atomic E-state index is 12.6. The average molecular weight is 280 g/mol. The molecular weight excluding hydrogens is 260 g/mol. The van der Waals surface area contributed by atoms with Crippen LogP contribution in [-0.2, 0) is 9.47 Å². The molecular formula is C14H20N2O4. The zero-order valence-electron chi connectivity index (χ0n) is 12.0. The Balaban J connectivity index is 2.24. The highest BCUT2D eigenvalue weighted by atomic mass is 16.5. The van der Waals surface area contributed by atoms with Gasteiger partial charge in [-0.3, -0.25) is 9.59 Å². The third-order valence-corrected chi connectivity index (χ3v) is 3.68. The number of aromatic nitrogens is 1. The van der Waals surface area contributed by atoms with Crippen LogP contribution in [0.25, 0.3) is 0 Å².